The molecule has 2 aromatic rings. The Morgan fingerprint density at radius 2 is 1.78 bits per heavy atom. The molecule has 7 heteroatoms. The van der Waals surface area contributed by atoms with Crippen molar-refractivity contribution in [3.63, 3.8) is 0 Å². The molecule has 2 aromatic carbocycles. The fourth-order valence-electron chi connectivity index (χ4n) is 3.13. The van der Waals surface area contributed by atoms with E-state index in [-0.39, 0.29) is 6.03 Å². The van der Waals surface area contributed by atoms with Crippen LogP contribution in [0, 0.1) is 6.92 Å². The second-order valence-electron chi connectivity index (χ2n) is 6.38. The number of hydrogen-bond acceptors (Lipinski definition) is 4. The zero-order chi connectivity index (χ0) is 19.4. The fourth-order valence-corrected chi connectivity index (χ4v) is 3.29. The molecule has 0 aromatic heterocycles. The summed E-state index contributed by atoms with van der Waals surface area (Å²) >= 11 is 6.15. The number of amides is 2. The summed E-state index contributed by atoms with van der Waals surface area (Å²) in [7, 11) is 1.31. The van der Waals surface area contributed by atoms with Gasteiger partial charge in [0, 0.05) is 31.9 Å². The van der Waals surface area contributed by atoms with Crippen LogP contribution in [-0.2, 0) is 4.74 Å². The monoisotopic (exact) mass is 387 g/mol. The van der Waals surface area contributed by atoms with Crippen LogP contribution >= 0.6 is 11.6 Å². The maximum atomic E-state index is 12.6. The lowest BCUT2D eigenvalue weighted by atomic mass is 10.1. The molecule has 0 aliphatic carbocycles. The summed E-state index contributed by atoms with van der Waals surface area (Å²) in [6.45, 7) is 4.82. The molecule has 27 heavy (non-hydrogen) atoms. The third-order valence-electron chi connectivity index (χ3n) is 4.65. The van der Waals surface area contributed by atoms with Gasteiger partial charge in [-0.25, -0.2) is 9.59 Å². The van der Waals surface area contributed by atoms with E-state index in [1.165, 1.54) is 24.4 Å². The standard InChI is InChI=1S/C20H22ClN3O3/c1-14-5-3-4-6-18(14)23-9-11-24(12-10-23)20(26)22-17-13-15(19(25)27-2)7-8-16(17)21/h3-8,13H,9-12H2,1-2H3,(H,22,26). The molecule has 2 amide bonds. The van der Waals surface area contributed by atoms with Gasteiger partial charge in [-0.15, -0.1) is 0 Å². The zero-order valence-electron chi connectivity index (χ0n) is 15.4. The number of halogens is 1. The number of benzene rings is 2. The Labute approximate surface area is 163 Å². The molecule has 0 spiro atoms. The van der Waals surface area contributed by atoms with Crippen LogP contribution in [0.5, 0.6) is 0 Å². The number of ether oxygens (including phenoxy) is 1. The first-order chi connectivity index (χ1) is 13.0. The molecule has 1 saturated heterocycles. The fraction of sp³-hybridized carbons (Fsp3) is 0.300. The van der Waals surface area contributed by atoms with Gasteiger partial charge < -0.3 is 19.9 Å². The number of carbonyl (C=O) groups is 2. The minimum absolute atomic E-state index is 0.233. The maximum absolute atomic E-state index is 12.6. The molecule has 0 saturated carbocycles. The van der Waals surface area contributed by atoms with Crippen LogP contribution in [0.15, 0.2) is 42.5 Å². The number of carbonyl (C=O) groups excluding carboxylic acids is 2. The summed E-state index contributed by atoms with van der Waals surface area (Å²) in [5.41, 5.74) is 3.15. The number of anilines is 2. The second kappa shape index (κ2) is 8.31. The van der Waals surface area contributed by atoms with Gasteiger partial charge in [-0.2, -0.15) is 0 Å². The van der Waals surface area contributed by atoms with Gasteiger partial charge in [0.05, 0.1) is 23.4 Å². The highest BCUT2D eigenvalue weighted by Gasteiger charge is 2.22. The van der Waals surface area contributed by atoms with Crippen molar-refractivity contribution >= 4 is 35.0 Å². The van der Waals surface area contributed by atoms with Crippen molar-refractivity contribution in [2.45, 2.75) is 6.92 Å². The highest BCUT2D eigenvalue weighted by Crippen LogP contribution is 2.25. The maximum Gasteiger partial charge on any atom is 0.337 e. The van der Waals surface area contributed by atoms with Crippen molar-refractivity contribution in [3.05, 3.63) is 58.6 Å². The highest BCUT2D eigenvalue weighted by molar-refractivity contribution is 6.33. The third kappa shape index (κ3) is 4.34. The SMILES string of the molecule is COC(=O)c1ccc(Cl)c(NC(=O)N2CCN(c3ccccc3C)CC2)c1. The number of rotatable bonds is 3. The number of esters is 1. The van der Waals surface area contributed by atoms with E-state index < -0.39 is 5.97 Å². The van der Waals surface area contributed by atoms with Crippen LogP contribution in [0.2, 0.25) is 5.02 Å². The van der Waals surface area contributed by atoms with Crippen molar-refractivity contribution in [2.75, 3.05) is 43.5 Å². The van der Waals surface area contributed by atoms with Crippen LogP contribution < -0.4 is 10.2 Å². The predicted molar refractivity (Wildman–Crippen MR) is 107 cm³/mol. The second-order valence-corrected chi connectivity index (χ2v) is 6.78. The Morgan fingerprint density at radius 1 is 1.07 bits per heavy atom. The van der Waals surface area contributed by atoms with Crippen molar-refractivity contribution in [2.24, 2.45) is 0 Å². The molecule has 1 aliphatic heterocycles. The van der Waals surface area contributed by atoms with Crippen molar-refractivity contribution in [1.82, 2.24) is 4.90 Å². The van der Waals surface area contributed by atoms with Gasteiger partial charge in [0.25, 0.3) is 0 Å². The number of methoxy groups -OCH3 is 1. The summed E-state index contributed by atoms with van der Waals surface area (Å²) in [6.07, 6.45) is 0. The summed E-state index contributed by atoms with van der Waals surface area (Å²) in [5.74, 6) is -0.478. The van der Waals surface area contributed by atoms with E-state index in [4.69, 9.17) is 16.3 Å². The summed E-state index contributed by atoms with van der Waals surface area (Å²) in [4.78, 5) is 28.3. The lowest BCUT2D eigenvalue weighted by Crippen LogP contribution is -2.50. The Morgan fingerprint density at radius 3 is 2.44 bits per heavy atom. The molecule has 1 fully saturated rings. The number of nitrogens with zero attached hydrogens (tertiary/aromatic N) is 2. The molecule has 0 bridgehead atoms. The molecule has 0 unspecified atom stereocenters. The number of urea groups is 1. The van der Waals surface area contributed by atoms with Crippen LogP contribution in [0.3, 0.4) is 0 Å². The smallest absolute Gasteiger partial charge is 0.337 e. The van der Waals surface area contributed by atoms with Crippen molar-refractivity contribution < 1.29 is 14.3 Å². The number of piperazine rings is 1. The molecular weight excluding hydrogens is 366 g/mol. The summed E-state index contributed by atoms with van der Waals surface area (Å²) < 4.78 is 4.71. The number of hydrogen-bond donors (Lipinski definition) is 1. The van der Waals surface area contributed by atoms with Gasteiger partial charge in [0.1, 0.15) is 0 Å². The largest absolute Gasteiger partial charge is 0.465 e. The van der Waals surface area contributed by atoms with Crippen molar-refractivity contribution in [3.8, 4) is 0 Å². The van der Waals surface area contributed by atoms with Gasteiger partial charge in [0.15, 0.2) is 0 Å². The van der Waals surface area contributed by atoms with E-state index >= 15 is 0 Å². The lowest BCUT2D eigenvalue weighted by molar-refractivity contribution is 0.0600. The molecule has 0 radical (unpaired) electrons. The minimum Gasteiger partial charge on any atom is -0.465 e. The van der Waals surface area contributed by atoms with Gasteiger partial charge in [0.2, 0.25) is 0 Å². The van der Waals surface area contributed by atoms with E-state index in [0.29, 0.717) is 29.4 Å². The van der Waals surface area contributed by atoms with E-state index in [1.807, 2.05) is 12.1 Å². The Hall–Kier alpha value is -2.73. The summed E-state index contributed by atoms with van der Waals surface area (Å²) in [5, 5.41) is 3.16. The van der Waals surface area contributed by atoms with Crippen LogP contribution in [0.4, 0.5) is 16.2 Å². The van der Waals surface area contributed by atoms with Gasteiger partial charge in [-0.1, -0.05) is 29.8 Å². The lowest BCUT2D eigenvalue weighted by Gasteiger charge is -2.36. The molecule has 6 nitrogen and oxygen atoms in total. The molecule has 0 atom stereocenters. The molecule has 1 heterocycles. The molecule has 1 N–H and O–H groups in total. The Balaban J connectivity index is 1.63. The Bertz CT molecular complexity index is 848. The highest BCUT2D eigenvalue weighted by atomic mass is 35.5. The van der Waals surface area contributed by atoms with E-state index in [1.54, 1.807) is 17.0 Å². The molecular formula is C20H22ClN3O3. The first-order valence-electron chi connectivity index (χ1n) is 8.74. The quantitative estimate of drug-likeness (QED) is 0.814. The average Bonchev–Trinajstić information content (AvgIpc) is 2.69. The van der Waals surface area contributed by atoms with Crippen molar-refractivity contribution in [1.29, 1.82) is 0 Å². The first-order valence-corrected chi connectivity index (χ1v) is 9.12. The van der Waals surface area contributed by atoms with E-state index in [9.17, 15) is 9.59 Å². The topological polar surface area (TPSA) is 61.9 Å². The number of nitrogens with one attached hydrogen (secondary N) is 1. The average molecular weight is 388 g/mol. The number of aryl methyl sites for hydroxylation is 1. The normalized spacial score (nSPS) is 14.0. The Kier molecular flexibility index (Phi) is 5.86. The zero-order valence-corrected chi connectivity index (χ0v) is 16.1. The summed E-state index contributed by atoms with van der Waals surface area (Å²) in [6, 6.07) is 12.7. The van der Waals surface area contributed by atoms with Crippen LogP contribution in [-0.4, -0.2) is 50.2 Å². The minimum atomic E-state index is -0.478. The van der Waals surface area contributed by atoms with Gasteiger partial charge >= 0.3 is 12.0 Å². The van der Waals surface area contributed by atoms with E-state index in [2.05, 4.69) is 29.3 Å². The van der Waals surface area contributed by atoms with Gasteiger partial charge in [-0.05, 0) is 36.8 Å². The van der Waals surface area contributed by atoms with Crippen LogP contribution in [0.25, 0.3) is 0 Å². The van der Waals surface area contributed by atoms with E-state index in [0.717, 1.165) is 13.1 Å². The predicted octanol–water partition coefficient (Wildman–Crippen LogP) is 3.79. The number of para-hydroxylation sites is 1. The third-order valence-corrected chi connectivity index (χ3v) is 4.98. The molecule has 142 valence electrons. The molecule has 1 aliphatic rings. The molecule has 3 rings (SSSR count). The van der Waals surface area contributed by atoms with Crippen LogP contribution in [0.1, 0.15) is 15.9 Å². The first kappa shape index (κ1) is 19.0. The van der Waals surface area contributed by atoms with Gasteiger partial charge in [-0.3, -0.25) is 0 Å².